The summed E-state index contributed by atoms with van der Waals surface area (Å²) in [6, 6.07) is 10.9. The SMILES string of the molecule is Cc1cc(NC(=O)c2ccco2)sc1C(=O)Nc1nc(-c2ccc(F)cc2)cs1. The summed E-state index contributed by atoms with van der Waals surface area (Å²) < 4.78 is 18.1. The van der Waals surface area contributed by atoms with Crippen molar-refractivity contribution in [2.24, 2.45) is 0 Å². The lowest BCUT2D eigenvalue weighted by Gasteiger charge is -2.00. The number of hydrogen-bond donors (Lipinski definition) is 2. The molecule has 9 heteroatoms. The van der Waals surface area contributed by atoms with Gasteiger partial charge in [-0.3, -0.25) is 14.9 Å². The van der Waals surface area contributed by atoms with E-state index in [0.717, 1.165) is 11.1 Å². The highest BCUT2D eigenvalue weighted by Crippen LogP contribution is 2.30. The molecular weight excluding hydrogens is 413 g/mol. The van der Waals surface area contributed by atoms with Gasteiger partial charge in [0.25, 0.3) is 11.8 Å². The highest BCUT2D eigenvalue weighted by Gasteiger charge is 2.18. The van der Waals surface area contributed by atoms with Crippen LogP contribution in [0.3, 0.4) is 0 Å². The molecule has 0 aliphatic heterocycles. The molecule has 0 unspecified atom stereocenters. The lowest BCUT2D eigenvalue weighted by Crippen LogP contribution is -2.11. The van der Waals surface area contributed by atoms with E-state index in [2.05, 4.69) is 15.6 Å². The number of amides is 2. The average Bonchev–Trinajstić information content (AvgIpc) is 3.43. The molecule has 4 aromatic rings. The van der Waals surface area contributed by atoms with E-state index >= 15 is 0 Å². The Hall–Kier alpha value is -3.30. The fraction of sp³-hybridized carbons (Fsp3) is 0.0500. The molecule has 6 nitrogen and oxygen atoms in total. The van der Waals surface area contributed by atoms with E-state index in [1.807, 2.05) is 0 Å². The fourth-order valence-corrected chi connectivity index (χ4v) is 4.27. The second-order valence-corrected chi connectivity index (χ2v) is 7.96. The van der Waals surface area contributed by atoms with Gasteiger partial charge in [0.1, 0.15) is 5.82 Å². The van der Waals surface area contributed by atoms with Crippen LogP contribution in [0.15, 0.2) is 58.5 Å². The third-order valence-corrected chi connectivity index (χ3v) is 5.88. The van der Waals surface area contributed by atoms with Crippen LogP contribution in [0, 0.1) is 12.7 Å². The van der Waals surface area contributed by atoms with Crippen molar-refractivity contribution < 1.29 is 18.4 Å². The van der Waals surface area contributed by atoms with Gasteiger partial charge in [0.15, 0.2) is 10.9 Å². The number of carbonyl (C=O) groups is 2. The van der Waals surface area contributed by atoms with Crippen molar-refractivity contribution in [3.63, 3.8) is 0 Å². The molecule has 1 aromatic carbocycles. The molecule has 0 saturated carbocycles. The number of halogens is 1. The van der Waals surface area contributed by atoms with E-state index in [1.165, 1.54) is 41.1 Å². The van der Waals surface area contributed by atoms with Gasteiger partial charge >= 0.3 is 0 Å². The molecular formula is C20H14FN3O3S2. The molecule has 0 aliphatic carbocycles. The molecule has 2 N–H and O–H groups in total. The number of carbonyl (C=O) groups excluding carboxylic acids is 2. The van der Waals surface area contributed by atoms with Crippen LogP contribution in [0.25, 0.3) is 11.3 Å². The zero-order valence-electron chi connectivity index (χ0n) is 15.1. The lowest BCUT2D eigenvalue weighted by molar-refractivity contribution is 0.0995. The summed E-state index contributed by atoms with van der Waals surface area (Å²) in [4.78, 5) is 29.6. The van der Waals surface area contributed by atoms with Gasteiger partial charge in [0.2, 0.25) is 0 Å². The second kappa shape index (κ2) is 7.98. The van der Waals surface area contributed by atoms with Crippen molar-refractivity contribution in [3.05, 3.63) is 76.1 Å². The molecule has 0 bridgehead atoms. The number of hydrogen-bond acceptors (Lipinski definition) is 6. The minimum Gasteiger partial charge on any atom is -0.459 e. The topological polar surface area (TPSA) is 84.2 Å². The van der Waals surface area contributed by atoms with Crippen molar-refractivity contribution >= 4 is 44.6 Å². The lowest BCUT2D eigenvalue weighted by atomic mass is 10.2. The number of thiazole rings is 1. The minimum atomic E-state index is -0.382. The Morgan fingerprint density at radius 1 is 1.10 bits per heavy atom. The zero-order valence-corrected chi connectivity index (χ0v) is 16.7. The number of nitrogens with one attached hydrogen (secondary N) is 2. The largest absolute Gasteiger partial charge is 0.459 e. The Morgan fingerprint density at radius 2 is 1.90 bits per heavy atom. The summed E-state index contributed by atoms with van der Waals surface area (Å²) in [5.74, 6) is -0.822. The van der Waals surface area contributed by atoms with Gasteiger partial charge < -0.3 is 9.73 Å². The molecule has 0 saturated heterocycles. The number of rotatable bonds is 5. The monoisotopic (exact) mass is 427 g/mol. The molecule has 3 aromatic heterocycles. The van der Waals surface area contributed by atoms with Crippen molar-refractivity contribution in [1.82, 2.24) is 4.98 Å². The van der Waals surface area contributed by atoms with E-state index in [0.29, 0.717) is 20.7 Å². The third-order valence-electron chi connectivity index (χ3n) is 3.97. The van der Waals surface area contributed by atoms with Crippen LogP contribution < -0.4 is 10.6 Å². The molecule has 0 radical (unpaired) electrons. The van der Waals surface area contributed by atoms with Crippen LogP contribution in [0.1, 0.15) is 25.8 Å². The maximum atomic E-state index is 13.1. The second-order valence-electron chi connectivity index (χ2n) is 6.05. The minimum absolute atomic E-state index is 0.193. The van der Waals surface area contributed by atoms with Gasteiger partial charge in [0.05, 0.1) is 21.8 Å². The highest BCUT2D eigenvalue weighted by atomic mass is 32.1. The molecule has 2 amide bonds. The first-order valence-corrected chi connectivity index (χ1v) is 10.2. The average molecular weight is 427 g/mol. The Bertz CT molecular complexity index is 1160. The number of furan rings is 1. The van der Waals surface area contributed by atoms with E-state index in [9.17, 15) is 14.0 Å². The third kappa shape index (κ3) is 4.25. The molecule has 146 valence electrons. The molecule has 0 aliphatic rings. The first kappa shape index (κ1) is 19.0. The van der Waals surface area contributed by atoms with Crippen molar-refractivity contribution in [2.45, 2.75) is 6.92 Å². The summed E-state index contributed by atoms with van der Waals surface area (Å²) in [6.07, 6.45) is 1.42. The summed E-state index contributed by atoms with van der Waals surface area (Å²) in [5.41, 5.74) is 2.15. The molecule has 4 rings (SSSR count). The van der Waals surface area contributed by atoms with Crippen LogP contribution in [0.4, 0.5) is 14.5 Å². The van der Waals surface area contributed by atoms with Gasteiger partial charge in [-0.2, -0.15) is 0 Å². The molecule has 0 atom stereocenters. The van der Waals surface area contributed by atoms with E-state index in [1.54, 1.807) is 42.6 Å². The molecule has 0 fully saturated rings. The molecule has 3 heterocycles. The predicted octanol–water partition coefficient (Wildman–Crippen LogP) is 5.42. The number of aromatic nitrogens is 1. The summed E-state index contributed by atoms with van der Waals surface area (Å²) in [7, 11) is 0. The number of benzene rings is 1. The Balaban J connectivity index is 1.45. The first-order chi connectivity index (χ1) is 14.0. The van der Waals surface area contributed by atoms with Crippen LogP contribution in [0.2, 0.25) is 0 Å². The van der Waals surface area contributed by atoms with Gasteiger partial charge in [-0.15, -0.1) is 22.7 Å². The predicted molar refractivity (Wildman–Crippen MR) is 111 cm³/mol. The fourth-order valence-electron chi connectivity index (χ4n) is 2.59. The van der Waals surface area contributed by atoms with E-state index < -0.39 is 0 Å². The summed E-state index contributed by atoms with van der Waals surface area (Å²) in [5, 5.41) is 8.25. The Labute approximate surface area is 173 Å². The molecule has 0 spiro atoms. The molecule has 29 heavy (non-hydrogen) atoms. The maximum absolute atomic E-state index is 13.1. The number of anilines is 2. The van der Waals surface area contributed by atoms with Crippen molar-refractivity contribution in [1.29, 1.82) is 0 Å². The van der Waals surface area contributed by atoms with Gasteiger partial charge in [-0.25, -0.2) is 9.37 Å². The number of aryl methyl sites for hydroxylation is 1. The normalized spacial score (nSPS) is 10.7. The highest BCUT2D eigenvalue weighted by molar-refractivity contribution is 7.18. The van der Waals surface area contributed by atoms with Crippen molar-refractivity contribution in [2.75, 3.05) is 10.6 Å². The van der Waals surface area contributed by atoms with Crippen LogP contribution >= 0.6 is 22.7 Å². The maximum Gasteiger partial charge on any atom is 0.291 e. The van der Waals surface area contributed by atoms with Gasteiger partial charge in [-0.05, 0) is 55.0 Å². The first-order valence-electron chi connectivity index (χ1n) is 8.48. The Kier molecular flexibility index (Phi) is 5.24. The van der Waals surface area contributed by atoms with Gasteiger partial charge in [-0.1, -0.05) is 0 Å². The van der Waals surface area contributed by atoms with Gasteiger partial charge in [0, 0.05) is 10.9 Å². The zero-order chi connectivity index (χ0) is 20.4. The number of nitrogens with zero attached hydrogens (tertiary/aromatic N) is 1. The summed E-state index contributed by atoms with van der Waals surface area (Å²) >= 11 is 2.45. The smallest absolute Gasteiger partial charge is 0.291 e. The van der Waals surface area contributed by atoms with Crippen LogP contribution in [0.5, 0.6) is 0 Å². The standard InChI is InChI=1S/C20H14FN3O3S2/c1-11-9-16(23-18(25)15-3-2-8-27-15)29-17(11)19(26)24-20-22-14(10-28-20)12-4-6-13(21)7-5-12/h2-10H,1H3,(H,23,25)(H,22,24,26). The van der Waals surface area contributed by atoms with E-state index in [-0.39, 0.29) is 23.4 Å². The quantitative estimate of drug-likeness (QED) is 0.446. The summed E-state index contributed by atoms with van der Waals surface area (Å²) in [6.45, 7) is 1.79. The van der Waals surface area contributed by atoms with Crippen LogP contribution in [-0.2, 0) is 0 Å². The Morgan fingerprint density at radius 3 is 2.62 bits per heavy atom. The number of thiophene rings is 1. The van der Waals surface area contributed by atoms with Crippen LogP contribution in [-0.4, -0.2) is 16.8 Å². The van der Waals surface area contributed by atoms with E-state index in [4.69, 9.17) is 4.42 Å². The van der Waals surface area contributed by atoms with Crippen molar-refractivity contribution in [3.8, 4) is 11.3 Å².